The molecule has 0 aliphatic heterocycles. The molecule has 3 rings (SSSR count). The molecule has 0 bridgehead atoms. The van der Waals surface area contributed by atoms with Crippen LogP contribution in [-0.2, 0) is 6.42 Å². The first-order valence-corrected chi connectivity index (χ1v) is 8.11. The Balaban J connectivity index is 1.74. The molecule has 0 saturated heterocycles. The number of aromatic nitrogens is 4. The van der Waals surface area contributed by atoms with Crippen molar-refractivity contribution >= 4 is 11.6 Å². The van der Waals surface area contributed by atoms with Gasteiger partial charge in [-0.3, -0.25) is 0 Å². The Hall–Kier alpha value is -2.84. The Kier molecular flexibility index (Phi) is 4.97. The van der Waals surface area contributed by atoms with E-state index in [4.69, 9.17) is 4.74 Å². The zero-order valence-corrected chi connectivity index (χ0v) is 14.3. The van der Waals surface area contributed by atoms with Crippen LogP contribution in [-0.4, -0.2) is 32.4 Å². The van der Waals surface area contributed by atoms with E-state index in [-0.39, 0.29) is 11.8 Å². The Bertz CT molecular complexity index is 876. The van der Waals surface area contributed by atoms with Gasteiger partial charge in [-0.25, -0.2) is 4.98 Å². The average Bonchev–Trinajstić information content (AvgIpc) is 3.08. The van der Waals surface area contributed by atoms with Crippen LogP contribution in [0.4, 0.5) is 19.0 Å². The third-order valence-corrected chi connectivity index (χ3v) is 3.81. The van der Waals surface area contributed by atoms with Gasteiger partial charge in [0.25, 0.3) is 5.78 Å². The Morgan fingerprint density at radius 3 is 2.62 bits per heavy atom. The highest BCUT2D eigenvalue weighted by molar-refractivity contribution is 5.47. The monoisotopic (exact) mass is 365 g/mol. The van der Waals surface area contributed by atoms with Gasteiger partial charge in [-0.2, -0.15) is 27.8 Å². The number of hydrogen-bond donors (Lipinski definition) is 1. The highest BCUT2D eigenvalue weighted by Crippen LogP contribution is 2.23. The molecule has 0 amide bonds. The molecule has 1 N–H and O–H groups in total. The van der Waals surface area contributed by atoms with Crippen LogP contribution < -0.4 is 10.1 Å². The normalized spacial score (nSPS) is 13.0. The molecule has 0 radical (unpaired) electrons. The van der Waals surface area contributed by atoms with Crippen LogP contribution in [0.2, 0.25) is 0 Å². The standard InChI is InChI=1S/C17H18F3N5O/c1-3-13-8-15(25-16(24-13)21-10-22-25)23-11(2)12-4-6-14(7-5-12)26-9-17(18,19)20/h4-8,10-11,23H,3,9H2,1-2H3. The summed E-state index contributed by atoms with van der Waals surface area (Å²) in [6.45, 7) is 2.64. The summed E-state index contributed by atoms with van der Waals surface area (Å²) in [5.74, 6) is 1.43. The first kappa shape index (κ1) is 18.0. The number of alkyl halides is 3. The van der Waals surface area contributed by atoms with Crippen molar-refractivity contribution in [3.63, 3.8) is 0 Å². The molecule has 0 spiro atoms. The number of ether oxygens (including phenoxy) is 1. The fourth-order valence-electron chi connectivity index (χ4n) is 2.47. The molecule has 2 aromatic heterocycles. The predicted octanol–water partition coefficient (Wildman–Crippen LogP) is 3.80. The van der Waals surface area contributed by atoms with Crippen LogP contribution in [0, 0.1) is 0 Å². The Morgan fingerprint density at radius 2 is 1.96 bits per heavy atom. The first-order chi connectivity index (χ1) is 12.4. The van der Waals surface area contributed by atoms with Crippen molar-refractivity contribution < 1.29 is 17.9 Å². The van der Waals surface area contributed by atoms with E-state index in [9.17, 15) is 13.2 Å². The second-order valence-electron chi connectivity index (χ2n) is 5.80. The molecule has 1 aromatic carbocycles. The number of aryl methyl sites for hydroxylation is 1. The summed E-state index contributed by atoms with van der Waals surface area (Å²) in [6.07, 6.45) is -2.16. The average molecular weight is 365 g/mol. The zero-order chi connectivity index (χ0) is 18.7. The number of nitrogens with zero attached hydrogens (tertiary/aromatic N) is 4. The quantitative estimate of drug-likeness (QED) is 0.720. The molecule has 138 valence electrons. The lowest BCUT2D eigenvalue weighted by molar-refractivity contribution is -0.153. The van der Waals surface area contributed by atoms with Crippen LogP contribution >= 0.6 is 0 Å². The number of anilines is 1. The summed E-state index contributed by atoms with van der Waals surface area (Å²) in [4.78, 5) is 8.50. The van der Waals surface area contributed by atoms with Gasteiger partial charge in [-0.15, -0.1) is 0 Å². The first-order valence-electron chi connectivity index (χ1n) is 8.11. The predicted molar refractivity (Wildman–Crippen MR) is 90.2 cm³/mol. The highest BCUT2D eigenvalue weighted by Gasteiger charge is 2.28. The molecule has 1 atom stereocenters. The summed E-state index contributed by atoms with van der Waals surface area (Å²) in [5, 5.41) is 7.49. The van der Waals surface area contributed by atoms with E-state index >= 15 is 0 Å². The van der Waals surface area contributed by atoms with Gasteiger partial charge < -0.3 is 10.1 Å². The van der Waals surface area contributed by atoms with Crippen LogP contribution in [0.15, 0.2) is 36.7 Å². The zero-order valence-electron chi connectivity index (χ0n) is 14.3. The highest BCUT2D eigenvalue weighted by atomic mass is 19.4. The number of rotatable bonds is 6. The van der Waals surface area contributed by atoms with E-state index in [1.54, 1.807) is 16.6 Å². The molecular formula is C17H18F3N5O. The van der Waals surface area contributed by atoms with E-state index < -0.39 is 12.8 Å². The molecule has 3 aromatic rings. The van der Waals surface area contributed by atoms with Crippen LogP contribution in [0.1, 0.15) is 31.1 Å². The van der Waals surface area contributed by atoms with Gasteiger partial charge in [-0.1, -0.05) is 19.1 Å². The summed E-state index contributed by atoms with van der Waals surface area (Å²) >= 11 is 0. The maximum absolute atomic E-state index is 12.2. The second-order valence-corrected chi connectivity index (χ2v) is 5.80. The van der Waals surface area contributed by atoms with Gasteiger partial charge in [0.2, 0.25) is 0 Å². The van der Waals surface area contributed by atoms with Gasteiger partial charge in [0.05, 0.1) is 0 Å². The minimum atomic E-state index is -4.35. The molecule has 26 heavy (non-hydrogen) atoms. The molecule has 9 heteroatoms. The Labute approximate surface area is 148 Å². The number of benzene rings is 1. The van der Waals surface area contributed by atoms with E-state index in [0.29, 0.717) is 5.78 Å². The maximum Gasteiger partial charge on any atom is 0.422 e. The molecule has 0 saturated carbocycles. The van der Waals surface area contributed by atoms with Crippen molar-refractivity contribution in [2.24, 2.45) is 0 Å². The summed E-state index contributed by atoms with van der Waals surface area (Å²) in [5.41, 5.74) is 1.78. The molecule has 0 aliphatic carbocycles. The molecule has 0 fully saturated rings. The van der Waals surface area contributed by atoms with Crippen molar-refractivity contribution in [1.29, 1.82) is 0 Å². The molecular weight excluding hydrogens is 347 g/mol. The molecule has 2 heterocycles. The van der Waals surface area contributed by atoms with Crippen LogP contribution in [0.3, 0.4) is 0 Å². The molecule has 0 aliphatic rings. The fourth-order valence-corrected chi connectivity index (χ4v) is 2.47. The number of hydrogen-bond acceptors (Lipinski definition) is 5. The van der Waals surface area contributed by atoms with Crippen molar-refractivity contribution in [3.05, 3.63) is 47.9 Å². The SMILES string of the molecule is CCc1cc(NC(C)c2ccc(OCC(F)(F)F)cc2)n2ncnc2n1. The van der Waals surface area contributed by atoms with E-state index in [2.05, 4.69) is 20.4 Å². The third-order valence-electron chi connectivity index (χ3n) is 3.81. The second kappa shape index (κ2) is 7.19. The van der Waals surface area contributed by atoms with Crippen molar-refractivity contribution in [3.8, 4) is 5.75 Å². The largest absolute Gasteiger partial charge is 0.484 e. The summed E-state index contributed by atoms with van der Waals surface area (Å²) in [6, 6.07) is 8.29. The van der Waals surface area contributed by atoms with Crippen molar-refractivity contribution in [1.82, 2.24) is 19.6 Å². The lowest BCUT2D eigenvalue weighted by Crippen LogP contribution is -2.19. The smallest absolute Gasteiger partial charge is 0.422 e. The number of halogens is 3. The Morgan fingerprint density at radius 1 is 1.23 bits per heavy atom. The van der Waals surface area contributed by atoms with Gasteiger partial charge in [0.15, 0.2) is 6.61 Å². The van der Waals surface area contributed by atoms with Gasteiger partial charge in [-0.05, 0) is 31.0 Å². The lowest BCUT2D eigenvalue weighted by Gasteiger charge is -2.17. The third kappa shape index (κ3) is 4.22. The van der Waals surface area contributed by atoms with E-state index in [1.165, 1.54) is 18.5 Å². The summed E-state index contributed by atoms with van der Waals surface area (Å²) < 4.78 is 42.9. The lowest BCUT2D eigenvalue weighted by atomic mass is 10.1. The summed E-state index contributed by atoms with van der Waals surface area (Å²) in [7, 11) is 0. The number of fused-ring (bicyclic) bond motifs is 1. The fraction of sp³-hybridized carbons (Fsp3) is 0.353. The minimum Gasteiger partial charge on any atom is -0.484 e. The molecule has 6 nitrogen and oxygen atoms in total. The van der Waals surface area contributed by atoms with Crippen LogP contribution in [0.5, 0.6) is 5.75 Å². The topological polar surface area (TPSA) is 64.3 Å². The maximum atomic E-state index is 12.2. The van der Waals surface area contributed by atoms with Gasteiger partial charge >= 0.3 is 6.18 Å². The minimum absolute atomic E-state index is 0.105. The van der Waals surface area contributed by atoms with E-state index in [0.717, 1.165) is 23.5 Å². The molecule has 1 unspecified atom stereocenters. The van der Waals surface area contributed by atoms with Crippen molar-refractivity contribution in [2.45, 2.75) is 32.5 Å². The van der Waals surface area contributed by atoms with Gasteiger partial charge in [0.1, 0.15) is 17.9 Å². The number of nitrogens with one attached hydrogen (secondary N) is 1. The van der Waals surface area contributed by atoms with Crippen LogP contribution in [0.25, 0.3) is 5.78 Å². The van der Waals surface area contributed by atoms with Gasteiger partial charge in [0, 0.05) is 17.8 Å². The van der Waals surface area contributed by atoms with Crippen molar-refractivity contribution in [2.75, 3.05) is 11.9 Å². The van der Waals surface area contributed by atoms with E-state index in [1.807, 2.05) is 19.9 Å².